The summed E-state index contributed by atoms with van der Waals surface area (Å²) < 4.78 is 7.95. The van der Waals surface area contributed by atoms with E-state index in [1.54, 1.807) is 25.3 Å². The van der Waals surface area contributed by atoms with Crippen LogP contribution in [0.1, 0.15) is 5.56 Å². The zero-order valence-corrected chi connectivity index (χ0v) is 8.69. The number of rotatable bonds is 2. The summed E-state index contributed by atoms with van der Waals surface area (Å²) in [6.07, 6.45) is 1.64. The van der Waals surface area contributed by atoms with Gasteiger partial charge in [-0.15, -0.1) is 0 Å². The van der Waals surface area contributed by atoms with E-state index in [4.69, 9.17) is 0 Å². The van der Waals surface area contributed by atoms with E-state index >= 15 is 0 Å². The van der Waals surface area contributed by atoms with Crippen molar-refractivity contribution in [1.82, 2.24) is 8.75 Å². The summed E-state index contributed by atoms with van der Waals surface area (Å²) in [5, 5.41) is 10.6. The number of nitrogens with zero attached hydrogens (tertiary/aromatic N) is 3. The molecule has 0 amide bonds. The van der Waals surface area contributed by atoms with Crippen molar-refractivity contribution in [1.29, 1.82) is 0 Å². The molecule has 0 saturated heterocycles. The molecule has 0 aliphatic rings. The van der Waals surface area contributed by atoms with E-state index in [-0.39, 0.29) is 5.69 Å². The lowest BCUT2D eigenvalue weighted by Crippen LogP contribution is -1.91. The van der Waals surface area contributed by atoms with Crippen molar-refractivity contribution in [3.05, 3.63) is 40.1 Å². The van der Waals surface area contributed by atoms with Crippen molar-refractivity contribution in [2.24, 2.45) is 0 Å². The highest BCUT2D eigenvalue weighted by Crippen LogP contribution is 2.24. The summed E-state index contributed by atoms with van der Waals surface area (Å²) in [5.74, 6) is 0. The molecule has 6 heteroatoms. The smallest absolute Gasteiger partial charge is 0.258 e. The average Bonchev–Trinajstić information content (AvgIpc) is 2.69. The van der Waals surface area contributed by atoms with E-state index in [1.165, 1.54) is 6.07 Å². The van der Waals surface area contributed by atoms with Crippen LogP contribution in [0.25, 0.3) is 11.3 Å². The largest absolute Gasteiger partial charge is 0.272 e. The maximum absolute atomic E-state index is 10.6. The Hall–Kier alpha value is -1.82. The second-order valence-electron chi connectivity index (χ2n) is 3.05. The average molecular weight is 221 g/mol. The summed E-state index contributed by atoms with van der Waals surface area (Å²) >= 11 is 1.12. The quantitative estimate of drug-likeness (QED) is 0.576. The Bertz CT molecular complexity index is 496. The Balaban J connectivity index is 2.47. The van der Waals surface area contributed by atoms with Gasteiger partial charge in [0.2, 0.25) is 0 Å². The second kappa shape index (κ2) is 3.74. The number of benzene rings is 1. The molecule has 1 aromatic heterocycles. The van der Waals surface area contributed by atoms with Crippen LogP contribution in [0.4, 0.5) is 5.69 Å². The molecule has 0 bridgehead atoms. The molecule has 5 nitrogen and oxygen atoms in total. The Kier molecular flexibility index (Phi) is 2.42. The highest BCUT2D eigenvalue weighted by Gasteiger charge is 2.11. The molecule has 0 unspecified atom stereocenters. The predicted octanol–water partition coefficient (Wildman–Crippen LogP) is 2.42. The highest BCUT2D eigenvalue weighted by atomic mass is 32.1. The van der Waals surface area contributed by atoms with Crippen LogP contribution in [0.2, 0.25) is 0 Å². The summed E-state index contributed by atoms with van der Waals surface area (Å²) in [5.41, 5.74) is 2.36. The van der Waals surface area contributed by atoms with Crippen molar-refractivity contribution < 1.29 is 4.92 Å². The van der Waals surface area contributed by atoms with Crippen molar-refractivity contribution in [3.8, 4) is 11.3 Å². The third-order valence-electron chi connectivity index (χ3n) is 2.05. The lowest BCUT2D eigenvalue weighted by Gasteiger charge is -1.99. The standard InChI is InChI=1S/C9H7N3O2S/c1-6-4-7(8-5-10-15-11-8)2-3-9(6)12(13)14/h2-5H,1H3. The zero-order chi connectivity index (χ0) is 10.8. The molecule has 0 fully saturated rings. The van der Waals surface area contributed by atoms with Gasteiger partial charge in [0.05, 0.1) is 22.8 Å². The third-order valence-corrected chi connectivity index (χ3v) is 2.53. The molecule has 0 atom stereocenters. The molecule has 0 aliphatic carbocycles. The van der Waals surface area contributed by atoms with Crippen LogP contribution >= 0.6 is 11.7 Å². The molecule has 1 aromatic carbocycles. The number of hydrogen-bond acceptors (Lipinski definition) is 5. The fourth-order valence-electron chi connectivity index (χ4n) is 1.31. The van der Waals surface area contributed by atoms with Gasteiger partial charge in [-0.2, -0.15) is 8.75 Å². The molecule has 0 aliphatic heterocycles. The fraction of sp³-hybridized carbons (Fsp3) is 0.111. The maximum atomic E-state index is 10.6. The Morgan fingerprint density at radius 3 is 2.80 bits per heavy atom. The number of hydrogen-bond donors (Lipinski definition) is 0. The Morgan fingerprint density at radius 2 is 2.27 bits per heavy atom. The van der Waals surface area contributed by atoms with Crippen LogP contribution in [0.5, 0.6) is 0 Å². The molecule has 0 radical (unpaired) electrons. The highest BCUT2D eigenvalue weighted by molar-refractivity contribution is 6.99. The topological polar surface area (TPSA) is 68.9 Å². The van der Waals surface area contributed by atoms with Gasteiger partial charge >= 0.3 is 0 Å². The third kappa shape index (κ3) is 1.84. The lowest BCUT2D eigenvalue weighted by molar-refractivity contribution is -0.385. The molecule has 0 N–H and O–H groups in total. The van der Waals surface area contributed by atoms with Gasteiger partial charge < -0.3 is 0 Å². The molecule has 0 spiro atoms. The first-order valence-electron chi connectivity index (χ1n) is 4.21. The first-order chi connectivity index (χ1) is 7.18. The van der Waals surface area contributed by atoms with Gasteiger partial charge in [-0.3, -0.25) is 10.1 Å². The molecule has 2 rings (SSSR count). The minimum atomic E-state index is -0.390. The van der Waals surface area contributed by atoms with E-state index in [0.717, 1.165) is 23.0 Å². The molecule has 76 valence electrons. The number of nitro groups is 1. The lowest BCUT2D eigenvalue weighted by atomic mass is 10.1. The van der Waals surface area contributed by atoms with Gasteiger partial charge in [0.15, 0.2) is 0 Å². The molecule has 0 saturated carbocycles. The Morgan fingerprint density at radius 1 is 1.47 bits per heavy atom. The molecule has 15 heavy (non-hydrogen) atoms. The second-order valence-corrected chi connectivity index (χ2v) is 3.61. The van der Waals surface area contributed by atoms with Crippen LogP contribution in [-0.4, -0.2) is 13.7 Å². The van der Waals surface area contributed by atoms with E-state index in [0.29, 0.717) is 5.56 Å². The van der Waals surface area contributed by atoms with Crippen LogP contribution in [-0.2, 0) is 0 Å². The first-order valence-corrected chi connectivity index (χ1v) is 4.94. The molecule has 2 aromatic rings. The monoisotopic (exact) mass is 221 g/mol. The van der Waals surface area contributed by atoms with Crippen molar-refractivity contribution in [2.75, 3.05) is 0 Å². The fourth-order valence-corrected chi connectivity index (χ4v) is 1.75. The zero-order valence-electron chi connectivity index (χ0n) is 7.88. The van der Waals surface area contributed by atoms with Crippen molar-refractivity contribution in [3.63, 3.8) is 0 Å². The summed E-state index contributed by atoms with van der Waals surface area (Å²) in [6.45, 7) is 1.71. The molecular weight excluding hydrogens is 214 g/mol. The van der Waals surface area contributed by atoms with Crippen LogP contribution in [0.15, 0.2) is 24.4 Å². The van der Waals surface area contributed by atoms with Crippen molar-refractivity contribution >= 4 is 17.4 Å². The van der Waals surface area contributed by atoms with Gasteiger partial charge in [0.1, 0.15) is 5.69 Å². The van der Waals surface area contributed by atoms with Gasteiger partial charge in [-0.25, -0.2) is 0 Å². The normalized spacial score (nSPS) is 10.2. The number of aryl methyl sites for hydroxylation is 1. The van der Waals surface area contributed by atoms with E-state index in [9.17, 15) is 10.1 Å². The number of nitro benzene ring substituents is 1. The van der Waals surface area contributed by atoms with Crippen molar-refractivity contribution in [2.45, 2.75) is 6.92 Å². The SMILES string of the molecule is Cc1cc(-c2cnsn2)ccc1[N+](=O)[O-]. The predicted molar refractivity (Wildman–Crippen MR) is 56.7 cm³/mol. The summed E-state index contributed by atoms with van der Waals surface area (Å²) in [4.78, 5) is 10.2. The molecular formula is C9H7N3O2S. The summed E-state index contributed by atoms with van der Waals surface area (Å²) in [7, 11) is 0. The van der Waals surface area contributed by atoms with Crippen LogP contribution in [0.3, 0.4) is 0 Å². The minimum Gasteiger partial charge on any atom is -0.258 e. The van der Waals surface area contributed by atoms with E-state index in [1.807, 2.05) is 0 Å². The maximum Gasteiger partial charge on any atom is 0.272 e. The van der Waals surface area contributed by atoms with E-state index in [2.05, 4.69) is 8.75 Å². The van der Waals surface area contributed by atoms with Crippen LogP contribution in [0, 0.1) is 17.0 Å². The summed E-state index contributed by atoms with van der Waals surface area (Å²) in [6, 6.07) is 4.92. The molecule has 1 heterocycles. The van der Waals surface area contributed by atoms with Gasteiger partial charge in [-0.1, -0.05) is 0 Å². The van der Waals surface area contributed by atoms with E-state index < -0.39 is 4.92 Å². The number of aromatic nitrogens is 2. The minimum absolute atomic E-state index is 0.127. The first kappa shape index (κ1) is 9.72. The van der Waals surface area contributed by atoms with Gasteiger partial charge in [0.25, 0.3) is 5.69 Å². The van der Waals surface area contributed by atoms with Gasteiger partial charge in [0, 0.05) is 17.2 Å². The van der Waals surface area contributed by atoms with Gasteiger partial charge in [-0.05, 0) is 19.1 Å². The van der Waals surface area contributed by atoms with Crippen LogP contribution < -0.4 is 0 Å². The Labute approximate surface area is 89.9 Å².